The second kappa shape index (κ2) is 6.54. The van der Waals surface area contributed by atoms with E-state index in [0.717, 1.165) is 12.1 Å². The van der Waals surface area contributed by atoms with Crippen LogP contribution in [0.3, 0.4) is 0 Å². The number of hydrogen-bond acceptors (Lipinski definition) is 4. The Balaban J connectivity index is 1.83. The summed E-state index contributed by atoms with van der Waals surface area (Å²) in [5, 5.41) is 3.00. The Bertz CT molecular complexity index is 711. The molecule has 1 aromatic carbocycles. The number of benzene rings is 1. The minimum Gasteiger partial charge on any atom is -0.371 e. The quantitative estimate of drug-likeness (QED) is 0.937. The van der Waals surface area contributed by atoms with Gasteiger partial charge in [-0.1, -0.05) is 13.0 Å². The maximum Gasteiger partial charge on any atom is 0.186 e. The van der Waals surface area contributed by atoms with Crippen molar-refractivity contribution < 1.29 is 17.9 Å². The van der Waals surface area contributed by atoms with E-state index >= 15 is 0 Å². The van der Waals surface area contributed by atoms with Crippen LogP contribution < -0.4 is 5.32 Å². The SMILES string of the molecule is CCc1ncnc(NC2CCOC2c2ccc(F)c(F)c2)c1F. The summed E-state index contributed by atoms with van der Waals surface area (Å²) in [5.74, 6) is -2.24. The summed E-state index contributed by atoms with van der Waals surface area (Å²) in [6.45, 7) is 2.24. The van der Waals surface area contributed by atoms with E-state index in [-0.39, 0.29) is 11.9 Å². The van der Waals surface area contributed by atoms with E-state index in [4.69, 9.17) is 4.74 Å². The Morgan fingerprint density at radius 1 is 1.22 bits per heavy atom. The summed E-state index contributed by atoms with van der Waals surface area (Å²) in [6.07, 6.45) is 1.86. The van der Waals surface area contributed by atoms with Crippen LogP contribution >= 0.6 is 0 Å². The Morgan fingerprint density at radius 3 is 2.78 bits per heavy atom. The van der Waals surface area contributed by atoms with Crippen LogP contribution in [0.1, 0.15) is 30.7 Å². The zero-order chi connectivity index (χ0) is 16.4. The number of nitrogens with zero attached hydrogens (tertiary/aromatic N) is 2. The van der Waals surface area contributed by atoms with Crippen molar-refractivity contribution >= 4 is 5.82 Å². The summed E-state index contributed by atoms with van der Waals surface area (Å²) >= 11 is 0. The molecule has 1 aliphatic rings. The van der Waals surface area contributed by atoms with Gasteiger partial charge in [-0.2, -0.15) is 0 Å². The second-order valence-corrected chi connectivity index (χ2v) is 5.34. The van der Waals surface area contributed by atoms with Crippen LogP contribution in [0.4, 0.5) is 19.0 Å². The lowest BCUT2D eigenvalue weighted by molar-refractivity contribution is 0.107. The molecule has 0 aliphatic carbocycles. The maximum atomic E-state index is 14.2. The lowest BCUT2D eigenvalue weighted by Gasteiger charge is -2.21. The van der Waals surface area contributed by atoms with Gasteiger partial charge >= 0.3 is 0 Å². The molecule has 2 aromatic rings. The van der Waals surface area contributed by atoms with Gasteiger partial charge in [0.2, 0.25) is 0 Å². The van der Waals surface area contributed by atoms with Crippen molar-refractivity contribution in [2.75, 3.05) is 11.9 Å². The van der Waals surface area contributed by atoms with Crippen LogP contribution in [0.15, 0.2) is 24.5 Å². The number of aryl methyl sites for hydroxylation is 1. The normalized spacial score (nSPS) is 20.7. The van der Waals surface area contributed by atoms with Gasteiger partial charge in [0.25, 0.3) is 0 Å². The number of ether oxygens (including phenoxy) is 1. The van der Waals surface area contributed by atoms with Crippen LogP contribution in [0, 0.1) is 17.5 Å². The molecule has 3 rings (SSSR count). The molecule has 2 heterocycles. The van der Waals surface area contributed by atoms with E-state index in [9.17, 15) is 13.2 Å². The van der Waals surface area contributed by atoms with Crippen LogP contribution in [0.5, 0.6) is 0 Å². The van der Waals surface area contributed by atoms with Crippen LogP contribution in [-0.4, -0.2) is 22.6 Å². The van der Waals surface area contributed by atoms with Crippen molar-refractivity contribution in [2.45, 2.75) is 31.9 Å². The van der Waals surface area contributed by atoms with Gasteiger partial charge in [-0.05, 0) is 30.5 Å². The predicted molar refractivity (Wildman–Crippen MR) is 78.4 cm³/mol. The van der Waals surface area contributed by atoms with Gasteiger partial charge in [-0.15, -0.1) is 0 Å². The average Bonchev–Trinajstić information content (AvgIpc) is 3.00. The first-order chi connectivity index (χ1) is 11.1. The first-order valence-corrected chi connectivity index (χ1v) is 7.42. The maximum absolute atomic E-state index is 14.2. The standard InChI is InChI=1S/C16H16F3N3O/c1-2-12-14(19)16(21-8-20-12)22-13-5-6-23-15(13)9-3-4-10(17)11(18)7-9/h3-4,7-8,13,15H,2,5-6H2,1H3,(H,20,21,22). The molecule has 4 nitrogen and oxygen atoms in total. The van der Waals surface area contributed by atoms with Gasteiger partial charge in [0.05, 0.1) is 11.7 Å². The number of aromatic nitrogens is 2. The van der Waals surface area contributed by atoms with E-state index < -0.39 is 23.6 Å². The van der Waals surface area contributed by atoms with E-state index in [1.807, 2.05) is 0 Å². The molecule has 1 saturated heterocycles. The zero-order valence-electron chi connectivity index (χ0n) is 12.5. The lowest BCUT2D eigenvalue weighted by Crippen LogP contribution is -2.25. The third-order valence-corrected chi connectivity index (χ3v) is 3.88. The molecule has 2 unspecified atom stereocenters. The highest BCUT2D eigenvalue weighted by atomic mass is 19.2. The molecule has 23 heavy (non-hydrogen) atoms. The van der Waals surface area contributed by atoms with Gasteiger partial charge in [-0.3, -0.25) is 0 Å². The topological polar surface area (TPSA) is 47.0 Å². The third kappa shape index (κ3) is 3.14. The fourth-order valence-corrected chi connectivity index (χ4v) is 2.68. The molecule has 1 aromatic heterocycles. The number of halogens is 3. The van der Waals surface area contributed by atoms with Crippen molar-refractivity contribution in [2.24, 2.45) is 0 Å². The molecule has 2 atom stereocenters. The average molecular weight is 323 g/mol. The smallest absolute Gasteiger partial charge is 0.186 e. The van der Waals surface area contributed by atoms with E-state index in [0.29, 0.717) is 30.7 Å². The molecular formula is C16H16F3N3O. The fraction of sp³-hybridized carbons (Fsp3) is 0.375. The first kappa shape index (κ1) is 15.7. The minimum atomic E-state index is -0.932. The van der Waals surface area contributed by atoms with Crippen molar-refractivity contribution in [3.8, 4) is 0 Å². The number of rotatable bonds is 4. The lowest BCUT2D eigenvalue weighted by atomic mass is 10.0. The zero-order valence-corrected chi connectivity index (χ0v) is 12.5. The minimum absolute atomic E-state index is 0.0972. The molecule has 7 heteroatoms. The van der Waals surface area contributed by atoms with Gasteiger partial charge in [-0.25, -0.2) is 23.1 Å². The molecule has 0 amide bonds. The van der Waals surface area contributed by atoms with E-state index in [2.05, 4.69) is 15.3 Å². The molecule has 0 saturated carbocycles. The van der Waals surface area contributed by atoms with Crippen molar-refractivity contribution in [3.05, 3.63) is 53.2 Å². The molecule has 0 spiro atoms. The number of anilines is 1. The Labute approximate surface area is 131 Å². The molecule has 1 fully saturated rings. The Hall–Kier alpha value is -2.15. The van der Waals surface area contributed by atoms with Gasteiger partial charge in [0.15, 0.2) is 23.3 Å². The highest BCUT2D eigenvalue weighted by Crippen LogP contribution is 2.32. The molecule has 122 valence electrons. The predicted octanol–water partition coefficient (Wildman–Crippen LogP) is 3.40. The van der Waals surface area contributed by atoms with Crippen LogP contribution in [-0.2, 0) is 11.2 Å². The summed E-state index contributed by atoms with van der Waals surface area (Å²) in [7, 11) is 0. The van der Waals surface area contributed by atoms with Crippen molar-refractivity contribution in [1.29, 1.82) is 0 Å². The Morgan fingerprint density at radius 2 is 2.04 bits per heavy atom. The summed E-state index contributed by atoms with van der Waals surface area (Å²) in [6, 6.07) is 3.35. The highest BCUT2D eigenvalue weighted by molar-refractivity contribution is 5.40. The third-order valence-electron chi connectivity index (χ3n) is 3.88. The molecule has 1 N–H and O–H groups in total. The second-order valence-electron chi connectivity index (χ2n) is 5.34. The summed E-state index contributed by atoms with van der Waals surface area (Å²) < 4.78 is 46.3. The largest absolute Gasteiger partial charge is 0.371 e. The number of hydrogen-bond donors (Lipinski definition) is 1. The van der Waals surface area contributed by atoms with E-state index in [1.165, 1.54) is 12.4 Å². The van der Waals surface area contributed by atoms with Gasteiger partial charge in [0, 0.05) is 6.61 Å². The van der Waals surface area contributed by atoms with Crippen molar-refractivity contribution in [3.63, 3.8) is 0 Å². The van der Waals surface area contributed by atoms with Crippen LogP contribution in [0.2, 0.25) is 0 Å². The van der Waals surface area contributed by atoms with Gasteiger partial charge < -0.3 is 10.1 Å². The molecule has 1 aliphatic heterocycles. The number of nitrogens with one attached hydrogen (secondary N) is 1. The molecule has 0 radical (unpaired) electrons. The van der Waals surface area contributed by atoms with Crippen molar-refractivity contribution in [1.82, 2.24) is 9.97 Å². The van der Waals surface area contributed by atoms with Crippen LogP contribution in [0.25, 0.3) is 0 Å². The first-order valence-electron chi connectivity index (χ1n) is 7.42. The monoisotopic (exact) mass is 323 g/mol. The fourth-order valence-electron chi connectivity index (χ4n) is 2.68. The highest BCUT2D eigenvalue weighted by Gasteiger charge is 2.31. The molecular weight excluding hydrogens is 307 g/mol. The molecule has 0 bridgehead atoms. The Kier molecular flexibility index (Phi) is 4.47. The summed E-state index contributed by atoms with van der Waals surface area (Å²) in [4.78, 5) is 7.81. The van der Waals surface area contributed by atoms with Gasteiger partial charge in [0.1, 0.15) is 12.4 Å². The summed E-state index contributed by atoms with van der Waals surface area (Å²) in [5.41, 5.74) is 0.829. The van der Waals surface area contributed by atoms with E-state index in [1.54, 1.807) is 6.92 Å².